The number of aromatic nitrogens is 2. The summed E-state index contributed by atoms with van der Waals surface area (Å²) in [6, 6.07) is 7.40. The summed E-state index contributed by atoms with van der Waals surface area (Å²) in [5, 5.41) is 0. The van der Waals surface area contributed by atoms with Crippen LogP contribution in [0.3, 0.4) is 0 Å². The topological polar surface area (TPSA) is 85.9 Å². The molecule has 0 fully saturated rings. The number of sulfone groups is 1. The van der Waals surface area contributed by atoms with Crippen molar-refractivity contribution in [3.8, 4) is 11.3 Å². The van der Waals surface area contributed by atoms with Gasteiger partial charge in [-0.15, -0.1) is 0 Å². The highest BCUT2D eigenvalue weighted by molar-refractivity contribution is 7.90. The molecule has 2 rings (SSSR count). The van der Waals surface area contributed by atoms with Crippen LogP contribution in [0, 0.1) is 6.92 Å². The highest BCUT2D eigenvalue weighted by atomic mass is 32.2. The molecule has 1 heterocycles. The molecule has 94 valence electrons. The SMILES string of the molecule is Cc1ccc(-c2nc(N)ncc2S(C)(=O)=O)cc1. The summed E-state index contributed by atoms with van der Waals surface area (Å²) in [5.74, 6) is 0.0537. The third kappa shape index (κ3) is 2.48. The Balaban J connectivity index is 2.69. The van der Waals surface area contributed by atoms with Crippen LogP contribution in [0.1, 0.15) is 5.56 Å². The van der Waals surface area contributed by atoms with Gasteiger partial charge in [-0.3, -0.25) is 0 Å². The fraction of sp³-hybridized carbons (Fsp3) is 0.167. The molecule has 0 saturated carbocycles. The predicted molar refractivity (Wildman–Crippen MR) is 69.7 cm³/mol. The zero-order chi connectivity index (χ0) is 13.3. The molecule has 18 heavy (non-hydrogen) atoms. The van der Waals surface area contributed by atoms with Crippen molar-refractivity contribution in [3.05, 3.63) is 36.0 Å². The summed E-state index contributed by atoms with van der Waals surface area (Å²) < 4.78 is 23.4. The van der Waals surface area contributed by atoms with Gasteiger partial charge in [-0.1, -0.05) is 29.8 Å². The molecule has 5 nitrogen and oxygen atoms in total. The normalized spacial score (nSPS) is 11.4. The lowest BCUT2D eigenvalue weighted by Gasteiger charge is -2.07. The monoisotopic (exact) mass is 263 g/mol. The van der Waals surface area contributed by atoms with E-state index in [1.54, 1.807) is 0 Å². The molecule has 0 aliphatic rings. The second-order valence-corrected chi connectivity index (χ2v) is 6.06. The zero-order valence-corrected chi connectivity index (χ0v) is 10.9. The Morgan fingerprint density at radius 1 is 1.17 bits per heavy atom. The van der Waals surface area contributed by atoms with Crippen molar-refractivity contribution in [2.45, 2.75) is 11.8 Å². The van der Waals surface area contributed by atoms with E-state index in [1.165, 1.54) is 6.20 Å². The molecule has 1 aromatic carbocycles. The highest BCUT2D eigenvalue weighted by Gasteiger charge is 2.17. The third-order valence-corrected chi connectivity index (χ3v) is 3.60. The van der Waals surface area contributed by atoms with Crippen LogP contribution in [0.25, 0.3) is 11.3 Å². The minimum absolute atomic E-state index is 0.0537. The molecule has 0 aliphatic heterocycles. The van der Waals surface area contributed by atoms with Gasteiger partial charge in [-0.2, -0.15) is 0 Å². The smallest absolute Gasteiger partial charge is 0.220 e. The van der Waals surface area contributed by atoms with Crippen molar-refractivity contribution >= 4 is 15.8 Å². The molecular formula is C12H13N3O2S. The molecule has 0 atom stereocenters. The Bertz CT molecular complexity index is 679. The van der Waals surface area contributed by atoms with Crippen LogP contribution < -0.4 is 5.73 Å². The Labute approximate surface area is 106 Å². The van der Waals surface area contributed by atoms with Crippen LogP contribution in [0.5, 0.6) is 0 Å². The lowest BCUT2D eigenvalue weighted by atomic mass is 10.1. The summed E-state index contributed by atoms with van der Waals surface area (Å²) >= 11 is 0. The van der Waals surface area contributed by atoms with Gasteiger partial charge in [0.25, 0.3) is 0 Å². The number of anilines is 1. The fourth-order valence-corrected chi connectivity index (χ4v) is 2.33. The van der Waals surface area contributed by atoms with Crippen LogP contribution >= 0.6 is 0 Å². The summed E-state index contributed by atoms with van der Waals surface area (Å²) in [5.41, 5.74) is 7.65. The second-order valence-electron chi connectivity index (χ2n) is 4.08. The van der Waals surface area contributed by atoms with Crippen molar-refractivity contribution in [3.63, 3.8) is 0 Å². The van der Waals surface area contributed by atoms with Gasteiger partial charge in [-0.05, 0) is 6.92 Å². The number of nitrogens with two attached hydrogens (primary N) is 1. The van der Waals surface area contributed by atoms with E-state index >= 15 is 0 Å². The summed E-state index contributed by atoms with van der Waals surface area (Å²) in [4.78, 5) is 7.85. The lowest BCUT2D eigenvalue weighted by Crippen LogP contribution is -2.05. The fourth-order valence-electron chi connectivity index (χ4n) is 1.57. The van der Waals surface area contributed by atoms with Crippen molar-refractivity contribution in [1.82, 2.24) is 9.97 Å². The zero-order valence-electron chi connectivity index (χ0n) is 10.1. The van der Waals surface area contributed by atoms with E-state index in [-0.39, 0.29) is 10.8 Å². The maximum absolute atomic E-state index is 11.7. The quantitative estimate of drug-likeness (QED) is 0.886. The maximum atomic E-state index is 11.7. The first-order chi connectivity index (χ1) is 8.38. The van der Waals surface area contributed by atoms with E-state index in [4.69, 9.17) is 5.73 Å². The van der Waals surface area contributed by atoms with Crippen molar-refractivity contribution < 1.29 is 8.42 Å². The standard InChI is InChI=1S/C12H13N3O2S/c1-8-3-5-9(6-4-8)11-10(18(2,16)17)7-14-12(13)15-11/h3-7H,1-2H3,(H2,13,14,15). The molecule has 0 bridgehead atoms. The Hall–Kier alpha value is -1.95. The van der Waals surface area contributed by atoms with Gasteiger partial charge in [0.2, 0.25) is 5.95 Å². The average molecular weight is 263 g/mol. The van der Waals surface area contributed by atoms with Crippen LogP contribution in [-0.4, -0.2) is 24.6 Å². The molecule has 2 aromatic rings. The van der Waals surface area contributed by atoms with Gasteiger partial charge in [-0.25, -0.2) is 18.4 Å². The largest absolute Gasteiger partial charge is 0.368 e. The second kappa shape index (κ2) is 4.38. The van der Waals surface area contributed by atoms with Gasteiger partial charge >= 0.3 is 0 Å². The van der Waals surface area contributed by atoms with Crippen molar-refractivity contribution in [2.75, 3.05) is 12.0 Å². The van der Waals surface area contributed by atoms with Gasteiger partial charge in [0, 0.05) is 11.8 Å². The number of nitrogens with zero attached hydrogens (tertiary/aromatic N) is 2. The van der Waals surface area contributed by atoms with Crippen LogP contribution in [0.2, 0.25) is 0 Å². The minimum atomic E-state index is -3.39. The first-order valence-corrected chi connectivity index (χ1v) is 7.16. The molecule has 2 N–H and O–H groups in total. The maximum Gasteiger partial charge on any atom is 0.220 e. The van der Waals surface area contributed by atoms with Crippen LogP contribution in [-0.2, 0) is 9.84 Å². The third-order valence-electron chi connectivity index (χ3n) is 2.50. The summed E-state index contributed by atoms with van der Waals surface area (Å²) in [6.45, 7) is 1.95. The highest BCUT2D eigenvalue weighted by Crippen LogP contribution is 2.25. The molecule has 0 radical (unpaired) electrons. The molecular weight excluding hydrogens is 250 g/mol. The lowest BCUT2D eigenvalue weighted by molar-refractivity contribution is 0.601. The van der Waals surface area contributed by atoms with Crippen molar-refractivity contribution in [1.29, 1.82) is 0 Å². The van der Waals surface area contributed by atoms with Crippen LogP contribution in [0.15, 0.2) is 35.4 Å². The van der Waals surface area contributed by atoms with E-state index in [0.717, 1.165) is 11.8 Å². The molecule has 0 saturated heterocycles. The first-order valence-electron chi connectivity index (χ1n) is 5.27. The van der Waals surface area contributed by atoms with Crippen LogP contribution in [0.4, 0.5) is 5.95 Å². The number of hydrogen-bond donors (Lipinski definition) is 1. The van der Waals surface area contributed by atoms with Gasteiger partial charge in [0.05, 0.1) is 11.9 Å². The van der Waals surface area contributed by atoms with E-state index in [2.05, 4.69) is 9.97 Å². The van der Waals surface area contributed by atoms with Crippen molar-refractivity contribution in [2.24, 2.45) is 0 Å². The molecule has 0 amide bonds. The summed E-state index contributed by atoms with van der Waals surface area (Å²) in [7, 11) is -3.39. The molecule has 0 spiro atoms. The number of benzene rings is 1. The van der Waals surface area contributed by atoms with E-state index < -0.39 is 9.84 Å². The van der Waals surface area contributed by atoms with Gasteiger partial charge in [0.15, 0.2) is 9.84 Å². The van der Waals surface area contributed by atoms with E-state index in [1.807, 2.05) is 31.2 Å². The summed E-state index contributed by atoms with van der Waals surface area (Å²) in [6.07, 6.45) is 2.37. The predicted octanol–water partition coefficient (Wildman–Crippen LogP) is 1.44. The molecule has 6 heteroatoms. The number of aryl methyl sites for hydroxylation is 1. The van der Waals surface area contributed by atoms with Gasteiger partial charge in [0.1, 0.15) is 4.90 Å². The Kier molecular flexibility index (Phi) is 3.04. The van der Waals surface area contributed by atoms with E-state index in [0.29, 0.717) is 11.3 Å². The average Bonchev–Trinajstić information content (AvgIpc) is 2.28. The van der Waals surface area contributed by atoms with Gasteiger partial charge < -0.3 is 5.73 Å². The minimum Gasteiger partial charge on any atom is -0.368 e. The first kappa shape index (κ1) is 12.5. The van der Waals surface area contributed by atoms with E-state index in [9.17, 15) is 8.42 Å². The number of hydrogen-bond acceptors (Lipinski definition) is 5. The molecule has 0 aliphatic carbocycles. The number of nitrogen functional groups attached to an aromatic ring is 1. The number of rotatable bonds is 2. The molecule has 0 unspecified atom stereocenters. The molecule has 1 aromatic heterocycles. The Morgan fingerprint density at radius 3 is 2.33 bits per heavy atom. The Morgan fingerprint density at radius 2 is 1.78 bits per heavy atom.